The van der Waals surface area contributed by atoms with E-state index in [4.69, 9.17) is 9.47 Å². The number of rotatable bonds is 13. The van der Waals surface area contributed by atoms with Crippen LogP contribution in [0.25, 0.3) is 11.3 Å². The van der Waals surface area contributed by atoms with Crippen LogP contribution in [0.2, 0.25) is 0 Å². The lowest BCUT2D eigenvalue weighted by molar-refractivity contribution is -0.131. The lowest BCUT2D eigenvalue weighted by atomic mass is 9.89. The van der Waals surface area contributed by atoms with E-state index in [1.54, 1.807) is 51.7 Å². The smallest absolute Gasteiger partial charge is 0.264 e. The van der Waals surface area contributed by atoms with Gasteiger partial charge in [-0.1, -0.05) is 36.8 Å². The van der Waals surface area contributed by atoms with Crippen LogP contribution >= 0.6 is 0 Å². The molecule has 0 aliphatic carbocycles. The van der Waals surface area contributed by atoms with E-state index in [0.29, 0.717) is 108 Å². The van der Waals surface area contributed by atoms with Crippen LogP contribution < -0.4 is 9.64 Å². The van der Waals surface area contributed by atoms with Crippen LogP contribution in [0.1, 0.15) is 84.9 Å². The number of aromatic nitrogens is 2. The number of carbonyl (C=O) groups is 3. The molecule has 6 aromatic rings. The minimum absolute atomic E-state index is 0.0506. The summed E-state index contributed by atoms with van der Waals surface area (Å²) in [5, 5.41) is 20.3. The Morgan fingerprint density at radius 2 is 1.55 bits per heavy atom. The van der Waals surface area contributed by atoms with Crippen molar-refractivity contribution >= 4 is 29.1 Å². The molecule has 4 aliphatic rings. The average molecular weight is 1000 g/mol. The van der Waals surface area contributed by atoms with Gasteiger partial charge in [-0.05, 0) is 135 Å². The lowest BCUT2D eigenvalue weighted by Crippen LogP contribution is -2.51. The predicted octanol–water partition coefficient (Wildman–Crippen LogP) is 8.23. The highest BCUT2D eigenvalue weighted by molar-refractivity contribution is 6.13. The minimum atomic E-state index is -0.493. The molecule has 6 heterocycles. The molecule has 1 atom stereocenters. The highest BCUT2D eigenvalue weighted by Crippen LogP contribution is 2.39. The molecule has 2 aromatic heterocycles. The third-order valence-electron chi connectivity index (χ3n) is 15.8. The number of amides is 3. The van der Waals surface area contributed by atoms with Gasteiger partial charge in [0, 0.05) is 106 Å². The Morgan fingerprint density at radius 3 is 2.28 bits per heavy atom. The van der Waals surface area contributed by atoms with Crippen molar-refractivity contribution in [2.45, 2.75) is 71.5 Å². The molecule has 0 spiro atoms. The maximum Gasteiger partial charge on any atom is 0.264 e. The number of hydrogen-bond acceptors (Lipinski definition) is 9. The van der Waals surface area contributed by atoms with Gasteiger partial charge in [0.2, 0.25) is 5.91 Å². The van der Waals surface area contributed by atoms with Gasteiger partial charge < -0.3 is 38.4 Å². The van der Waals surface area contributed by atoms with Crippen molar-refractivity contribution in [1.82, 2.24) is 28.7 Å². The van der Waals surface area contributed by atoms with Gasteiger partial charge in [-0.15, -0.1) is 0 Å². The molecule has 0 saturated carbocycles. The fourth-order valence-corrected chi connectivity index (χ4v) is 11.2. The molecular formula is C59H65FN8O6. The lowest BCUT2D eigenvalue weighted by Gasteiger charge is -2.41. The van der Waals surface area contributed by atoms with Crippen LogP contribution in [0.3, 0.4) is 0 Å². The molecule has 384 valence electrons. The second-order valence-electron chi connectivity index (χ2n) is 20.3. The summed E-state index contributed by atoms with van der Waals surface area (Å²) in [6, 6.07) is 29.2. The molecule has 3 amide bonds. The van der Waals surface area contributed by atoms with Crippen molar-refractivity contribution in [1.29, 1.82) is 5.26 Å². The first-order valence-corrected chi connectivity index (χ1v) is 26.0. The fourth-order valence-electron chi connectivity index (χ4n) is 11.2. The van der Waals surface area contributed by atoms with Crippen LogP contribution in [0.5, 0.6) is 11.5 Å². The normalized spacial score (nSPS) is 17.1. The first kappa shape index (κ1) is 50.3. The van der Waals surface area contributed by atoms with Gasteiger partial charge in [0.15, 0.2) is 0 Å². The molecule has 15 heteroatoms. The molecule has 4 aliphatic heterocycles. The van der Waals surface area contributed by atoms with Gasteiger partial charge in [-0.25, -0.2) is 4.39 Å². The van der Waals surface area contributed by atoms with E-state index in [1.807, 2.05) is 48.6 Å². The number of piperidine rings is 1. The molecule has 74 heavy (non-hydrogen) atoms. The van der Waals surface area contributed by atoms with E-state index in [0.717, 1.165) is 68.7 Å². The standard InChI is InChI=1S/C59H65FN8O6/c1-39-51(59(72)68(46-13-15-49(69)16-14-46)55-32-47(35-61)62(3)40(55)2)34-56(63(39)4)52-29-42-18-21-66(57(70)31-43-12-17-50(33-54(43)60)74-27-24-64-22-25-73-26-23-64)36-45(42)30-53(52)58(71)67-37-44-11-7-6-10-41(44)28-48(67)38-65-19-8-5-9-20-65/h6-7,10-17,29-30,32-34,48,69H,5,8-9,18-28,31,36-38H2,1-4H3/t48-/m0/s1. The second kappa shape index (κ2) is 21.7. The van der Waals surface area contributed by atoms with E-state index in [9.17, 15) is 15.2 Å². The number of hydrogen-bond donors (Lipinski definition) is 1. The largest absolute Gasteiger partial charge is 0.508 e. The van der Waals surface area contributed by atoms with Crippen LogP contribution in [0.15, 0.2) is 91.0 Å². The molecule has 0 unspecified atom stereocenters. The Morgan fingerprint density at radius 1 is 0.797 bits per heavy atom. The van der Waals surface area contributed by atoms with Crippen molar-refractivity contribution in [3.63, 3.8) is 0 Å². The van der Waals surface area contributed by atoms with Crippen LogP contribution in [0, 0.1) is 31.0 Å². The number of ether oxygens (including phenoxy) is 2. The number of likely N-dealkylation sites (tertiary alicyclic amines) is 1. The monoisotopic (exact) mass is 1000 g/mol. The summed E-state index contributed by atoms with van der Waals surface area (Å²) >= 11 is 0. The van der Waals surface area contributed by atoms with Gasteiger partial charge >= 0.3 is 0 Å². The van der Waals surface area contributed by atoms with Gasteiger partial charge in [0.05, 0.1) is 30.9 Å². The van der Waals surface area contributed by atoms with Crippen LogP contribution in [-0.4, -0.2) is 123 Å². The first-order chi connectivity index (χ1) is 35.8. The zero-order valence-electron chi connectivity index (χ0n) is 42.9. The molecule has 10 rings (SSSR count). The van der Waals surface area contributed by atoms with E-state index in [2.05, 4.69) is 40.1 Å². The molecular weight excluding hydrogens is 936 g/mol. The van der Waals surface area contributed by atoms with Crippen molar-refractivity contribution in [2.24, 2.45) is 14.1 Å². The number of carbonyl (C=O) groups excluding carboxylic acids is 3. The zero-order valence-corrected chi connectivity index (χ0v) is 42.9. The number of phenols is 1. The van der Waals surface area contributed by atoms with E-state index in [1.165, 1.54) is 30.2 Å². The topological polar surface area (TPSA) is 140 Å². The van der Waals surface area contributed by atoms with Crippen molar-refractivity contribution in [2.75, 3.05) is 70.5 Å². The van der Waals surface area contributed by atoms with Gasteiger partial charge in [-0.2, -0.15) is 5.26 Å². The number of aromatic hydroxyl groups is 1. The quantitative estimate of drug-likeness (QED) is 0.121. The highest BCUT2D eigenvalue weighted by atomic mass is 19.1. The summed E-state index contributed by atoms with van der Waals surface area (Å²) in [7, 11) is 3.69. The predicted molar refractivity (Wildman–Crippen MR) is 281 cm³/mol. The maximum absolute atomic E-state index is 15.8. The number of anilines is 2. The van der Waals surface area contributed by atoms with Crippen LogP contribution in [-0.2, 0) is 56.0 Å². The number of phenolic OH excluding ortho intramolecular Hbond substituents is 1. The SMILES string of the molecule is Cc1c(N(C(=O)c2cc(-c3cc4c(cc3C(=O)N3Cc5ccccc5C[C@H]3CN3CCCCC3)CN(C(=O)Cc3ccc(OCCN5CCOCC5)cc3F)CC4)n(C)c2C)c2ccc(O)cc2)cc(C#N)n1C. The molecule has 2 saturated heterocycles. The fraction of sp³-hybridized carbons (Fsp3) is 0.390. The van der Waals surface area contributed by atoms with Gasteiger partial charge in [-0.3, -0.25) is 24.2 Å². The molecule has 4 aromatic carbocycles. The van der Waals surface area contributed by atoms with Gasteiger partial charge in [0.25, 0.3) is 11.8 Å². The molecule has 0 bridgehead atoms. The first-order valence-electron chi connectivity index (χ1n) is 26.0. The van der Waals surface area contributed by atoms with Crippen LogP contribution in [0.4, 0.5) is 15.8 Å². The number of morpholine rings is 1. The molecule has 14 nitrogen and oxygen atoms in total. The Hall–Kier alpha value is -7.25. The Kier molecular flexibility index (Phi) is 14.7. The number of fused-ring (bicyclic) bond motifs is 2. The number of nitrogens with zero attached hydrogens (tertiary/aromatic N) is 8. The van der Waals surface area contributed by atoms with E-state index >= 15 is 14.0 Å². The third-order valence-corrected chi connectivity index (χ3v) is 15.8. The Labute approximate surface area is 432 Å². The summed E-state index contributed by atoms with van der Waals surface area (Å²) < 4.78 is 30.6. The maximum atomic E-state index is 15.8. The number of halogens is 1. The molecule has 0 radical (unpaired) electrons. The summed E-state index contributed by atoms with van der Waals surface area (Å²) in [5.41, 5.74) is 9.52. The molecule has 2 fully saturated rings. The Balaban J connectivity index is 0.993. The number of nitriles is 1. The van der Waals surface area contributed by atoms with Gasteiger partial charge in [0.1, 0.15) is 35.7 Å². The van der Waals surface area contributed by atoms with Crippen molar-refractivity contribution in [3.8, 4) is 28.8 Å². The highest BCUT2D eigenvalue weighted by Gasteiger charge is 2.36. The van der Waals surface area contributed by atoms with Crippen molar-refractivity contribution < 1.29 is 33.4 Å². The van der Waals surface area contributed by atoms with Crippen molar-refractivity contribution in [3.05, 3.63) is 153 Å². The third kappa shape index (κ3) is 10.3. The minimum Gasteiger partial charge on any atom is -0.508 e. The average Bonchev–Trinajstić information content (AvgIpc) is 3.88. The van der Waals surface area contributed by atoms with E-state index < -0.39 is 5.82 Å². The van der Waals surface area contributed by atoms with E-state index in [-0.39, 0.29) is 42.5 Å². The summed E-state index contributed by atoms with van der Waals surface area (Å²) in [6.07, 6.45) is 4.58. The summed E-state index contributed by atoms with van der Waals surface area (Å²) in [6.45, 7) is 11.8. The molecule has 1 N–H and O–H groups in total. The second-order valence-corrected chi connectivity index (χ2v) is 20.3. The summed E-state index contributed by atoms with van der Waals surface area (Å²) in [4.78, 5) is 55.2. The Bertz CT molecular complexity index is 3130. The zero-order chi connectivity index (χ0) is 51.6. The number of benzene rings is 4. The summed E-state index contributed by atoms with van der Waals surface area (Å²) in [5.74, 6) is -0.705.